The number of nitrogens with zero attached hydrogens (tertiary/aromatic N) is 4. The maximum atomic E-state index is 12.1. The molecule has 0 aliphatic carbocycles. The highest BCUT2D eigenvalue weighted by Crippen LogP contribution is 2.17. The zero-order valence-corrected chi connectivity index (χ0v) is 15.3. The van der Waals surface area contributed by atoms with Crippen molar-refractivity contribution in [2.45, 2.75) is 11.7 Å². The molecule has 0 aliphatic rings. The molecule has 0 atom stereocenters. The minimum atomic E-state index is -0.313. The fourth-order valence-corrected chi connectivity index (χ4v) is 3.26. The predicted octanol–water partition coefficient (Wildman–Crippen LogP) is 1.65. The number of urea groups is 1. The molecule has 0 spiro atoms. The number of fused-ring (bicyclic) bond motifs is 1. The third kappa shape index (κ3) is 3.14. The topological polar surface area (TPSA) is 85.9 Å². The first-order chi connectivity index (χ1) is 11.9. The zero-order chi connectivity index (χ0) is 18.1. The van der Waals surface area contributed by atoms with Gasteiger partial charge in [0.25, 0.3) is 0 Å². The number of hydrogen-bond donors (Lipinski definition) is 2. The molecule has 0 unspecified atom stereocenters. The van der Waals surface area contributed by atoms with Gasteiger partial charge in [0.05, 0.1) is 29.5 Å². The standard InChI is InChI=1S/C16H20N6O2S/c1-20-11(9-18-15(20)25-4)8-17-14(23)19-10-5-6-12-13(7-10)22(3)16(24)21(12)2/h5-7,9H,8H2,1-4H3,(H2,17,19,23). The first-order valence-electron chi connectivity index (χ1n) is 7.67. The van der Waals surface area contributed by atoms with E-state index in [0.717, 1.165) is 21.9 Å². The second kappa shape index (κ2) is 6.67. The number of carbonyl (C=O) groups excluding carboxylic acids is 1. The van der Waals surface area contributed by atoms with E-state index >= 15 is 0 Å². The Bertz CT molecular complexity index is 1000. The van der Waals surface area contributed by atoms with Crippen LogP contribution in [0.15, 0.2) is 34.3 Å². The highest BCUT2D eigenvalue weighted by atomic mass is 32.2. The van der Waals surface area contributed by atoms with E-state index in [9.17, 15) is 9.59 Å². The molecule has 2 aromatic heterocycles. The summed E-state index contributed by atoms with van der Waals surface area (Å²) in [4.78, 5) is 28.4. The molecule has 0 bridgehead atoms. The van der Waals surface area contributed by atoms with Crippen molar-refractivity contribution in [1.29, 1.82) is 0 Å². The van der Waals surface area contributed by atoms with Crippen molar-refractivity contribution in [3.63, 3.8) is 0 Å². The van der Waals surface area contributed by atoms with Crippen molar-refractivity contribution in [2.75, 3.05) is 11.6 Å². The minimum absolute atomic E-state index is 0.0996. The molecule has 8 nitrogen and oxygen atoms in total. The Kier molecular flexibility index (Phi) is 4.58. The van der Waals surface area contributed by atoms with Gasteiger partial charge in [-0.2, -0.15) is 0 Å². The van der Waals surface area contributed by atoms with Crippen molar-refractivity contribution in [2.24, 2.45) is 21.1 Å². The number of anilines is 1. The Morgan fingerprint density at radius 3 is 2.56 bits per heavy atom. The smallest absolute Gasteiger partial charge is 0.328 e. The molecule has 9 heteroatoms. The van der Waals surface area contributed by atoms with E-state index in [1.807, 2.05) is 23.9 Å². The SMILES string of the molecule is CSc1ncc(CNC(=O)Nc2ccc3c(c2)n(C)c(=O)n3C)n1C. The van der Waals surface area contributed by atoms with E-state index < -0.39 is 0 Å². The molecule has 0 radical (unpaired) electrons. The highest BCUT2D eigenvalue weighted by Gasteiger charge is 2.10. The minimum Gasteiger partial charge on any atom is -0.332 e. The molecule has 0 saturated heterocycles. The van der Waals surface area contributed by atoms with Crippen molar-refractivity contribution in [1.82, 2.24) is 24.0 Å². The van der Waals surface area contributed by atoms with E-state index in [0.29, 0.717) is 12.2 Å². The van der Waals surface area contributed by atoms with Crippen molar-refractivity contribution in [3.8, 4) is 0 Å². The van der Waals surface area contributed by atoms with E-state index in [-0.39, 0.29) is 11.7 Å². The van der Waals surface area contributed by atoms with E-state index in [4.69, 9.17) is 0 Å². The molecule has 0 aliphatic heterocycles. The predicted molar refractivity (Wildman–Crippen MR) is 99.0 cm³/mol. The maximum absolute atomic E-state index is 12.1. The van der Waals surface area contributed by atoms with Crippen LogP contribution in [0.3, 0.4) is 0 Å². The number of imidazole rings is 2. The molecule has 25 heavy (non-hydrogen) atoms. The van der Waals surface area contributed by atoms with Crippen LogP contribution in [0.2, 0.25) is 0 Å². The van der Waals surface area contributed by atoms with Gasteiger partial charge >= 0.3 is 11.7 Å². The normalized spacial score (nSPS) is 11.0. The lowest BCUT2D eigenvalue weighted by molar-refractivity contribution is 0.251. The Labute approximate surface area is 148 Å². The molecule has 3 rings (SSSR count). The molecule has 2 N–H and O–H groups in total. The van der Waals surface area contributed by atoms with Crippen LogP contribution < -0.4 is 16.3 Å². The lowest BCUT2D eigenvalue weighted by Crippen LogP contribution is -2.28. The lowest BCUT2D eigenvalue weighted by Gasteiger charge is -2.09. The van der Waals surface area contributed by atoms with Gasteiger partial charge in [0.15, 0.2) is 5.16 Å². The van der Waals surface area contributed by atoms with E-state index in [1.54, 1.807) is 53.3 Å². The number of carbonyl (C=O) groups is 1. The second-order valence-electron chi connectivity index (χ2n) is 5.71. The number of benzene rings is 1. The van der Waals surface area contributed by atoms with Crippen LogP contribution in [0, 0.1) is 0 Å². The first kappa shape index (κ1) is 17.2. The van der Waals surface area contributed by atoms with Crippen LogP contribution in [0.5, 0.6) is 0 Å². The number of amides is 2. The van der Waals surface area contributed by atoms with E-state index in [1.165, 1.54) is 0 Å². The van der Waals surface area contributed by atoms with Gasteiger partial charge in [0.2, 0.25) is 0 Å². The van der Waals surface area contributed by atoms with Crippen molar-refractivity contribution < 1.29 is 4.79 Å². The summed E-state index contributed by atoms with van der Waals surface area (Å²) in [5, 5.41) is 6.50. The van der Waals surface area contributed by atoms with Crippen molar-refractivity contribution in [3.05, 3.63) is 40.6 Å². The van der Waals surface area contributed by atoms with Crippen molar-refractivity contribution >= 4 is 34.5 Å². The molecular weight excluding hydrogens is 340 g/mol. The Balaban J connectivity index is 1.70. The molecule has 0 fully saturated rings. The summed E-state index contributed by atoms with van der Waals surface area (Å²) in [7, 11) is 5.35. The van der Waals surface area contributed by atoms with E-state index in [2.05, 4.69) is 15.6 Å². The third-order valence-corrected chi connectivity index (χ3v) is 4.93. The molecule has 2 amide bonds. The number of aryl methyl sites for hydroxylation is 2. The molecule has 132 valence electrons. The summed E-state index contributed by atoms with van der Waals surface area (Å²) in [5.74, 6) is 0. The summed E-state index contributed by atoms with van der Waals surface area (Å²) in [6.45, 7) is 0.377. The summed E-state index contributed by atoms with van der Waals surface area (Å²) in [5.41, 5.74) is 3.03. The molecule has 0 saturated carbocycles. The van der Waals surface area contributed by atoms with Crippen LogP contribution in [0.1, 0.15) is 5.69 Å². The average molecular weight is 360 g/mol. The Morgan fingerprint density at radius 1 is 1.16 bits per heavy atom. The fourth-order valence-electron chi connectivity index (χ4n) is 2.71. The average Bonchev–Trinajstić information content (AvgIpc) is 3.06. The van der Waals surface area contributed by atoms with Gasteiger partial charge in [-0.05, 0) is 24.5 Å². The van der Waals surface area contributed by atoms with Crippen LogP contribution >= 0.6 is 11.8 Å². The fraction of sp³-hybridized carbons (Fsp3) is 0.312. The lowest BCUT2D eigenvalue weighted by atomic mass is 10.2. The maximum Gasteiger partial charge on any atom is 0.328 e. The van der Waals surface area contributed by atoms with Gasteiger partial charge in [0, 0.05) is 26.8 Å². The van der Waals surface area contributed by atoms with Gasteiger partial charge in [-0.15, -0.1) is 0 Å². The molecule has 1 aromatic carbocycles. The monoisotopic (exact) mass is 360 g/mol. The van der Waals surface area contributed by atoms with Crippen LogP contribution in [0.25, 0.3) is 11.0 Å². The molecule has 3 aromatic rings. The second-order valence-corrected chi connectivity index (χ2v) is 6.48. The summed E-state index contributed by atoms with van der Waals surface area (Å²) >= 11 is 1.55. The highest BCUT2D eigenvalue weighted by molar-refractivity contribution is 7.98. The van der Waals surface area contributed by atoms with Gasteiger partial charge < -0.3 is 15.2 Å². The quantitative estimate of drug-likeness (QED) is 0.693. The summed E-state index contributed by atoms with van der Waals surface area (Å²) < 4.78 is 5.07. The number of thioether (sulfide) groups is 1. The van der Waals surface area contributed by atoms with Crippen LogP contribution in [0.4, 0.5) is 10.5 Å². The number of aromatic nitrogens is 4. The number of nitrogens with one attached hydrogen (secondary N) is 2. The van der Waals surface area contributed by atoms with Gasteiger partial charge in [-0.25, -0.2) is 14.6 Å². The van der Waals surface area contributed by atoms with Gasteiger partial charge in [-0.1, -0.05) is 11.8 Å². The Morgan fingerprint density at radius 2 is 1.88 bits per heavy atom. The summed E-state index contributed by atoms with van der Waals surface area (Å²) in [6.07, 6.45) is 3.71. The number of rotatable bonds is 4. The van der Waals surface area contributed by atoms with Gasteiger partial charge in [0.1, 0.15) is 0 Å². The molecule has 2 heterocycles. The summed E-state index contributed by atoms with van der Waals surface area (Å²) in [6, 6.07) is 5.06. The van der Waals surface area contributed by atoms with Crippen LogP contribution in [-0.2, 0) is 27.7 Å². The first-order valence-corrected chi connectivity index (χ1v) is 8.89. The number of hydrogen-bond acceptors (Lipinski definition) is 4. The largest absolute Gasteiger partial charge is 0.332 e. The zero-order valence-electron chi connectivity index (χ0n) is 14.5. The molecular formula is C16H20N6O2S. The Hall–Kier alpha value is -2.68. The third-order valence-electron chi connectivity index (χ3n) is 4.18. The van der Waals surface area contributed by atoms with Gasteiger partial charge in [-0.3, -0.25) is 9.13 Å². The van der Waals surface area contributed by atoms with Crippen LogP contribution in [-0.4, -0.2) is 31.0 Å².